The van der Waals surface area contributed by atoms with Gasteiger partial charge in [-0.3, -0.25) is 9.59 Å². The molecule has 5 aliphatic carbocycles. The average molecular weight is 473 g/mol. The molecule has 11 atom stereocenters. The molecule has 5 rings (SSSR count). The number of aliphatic hydroxyl groups excluding tert-OH is 1. The van der Waals surface area contributed by atoms with E-state index >= 15 is 0 Å². The first-order chi connectivity index (χ1) is 15.6. The number of aliphatic hydroxyl groups is 1. The number of fused-ring (bicyclic) bond motifs is 7. The lowest BCUT2D eigenvalue weighted by atomic mass is 9.32. The summed E-state index contributed by atoms with van der Waals surface area (Å²) in [6.45, 7) is 16.1. The molecule has 192 valence electrons. The molecule has 0 aromatic heterocycles. The highest BCUT2D eigenvalue weighted by Gasteiger charge is 2.71. The van der Waals surface area contributed by atoms with Crippen LogP contribution < -0.4 is 0 Å². The number of carbonyl (C=O) groups excluding carboxylic acids is 1. The van der Waals surface area contributed by atoms with Gasteiger partial charge in [-0.05, 0) is 103 Å². The zero-order chi connectivity index (χ0) is 25.1. The average Bonchev–Trinajstić information content (AvgIpc) is 3.09. The van der Waals surface area contributed by atoms with E-state index in [1.54, 1.807) is 0 Å². The molecule has 0 aromatic rings. The number of carboxylic acids is 1. The molecule has 0 radical (unpaired) electrons. The lowest BCUT2D eigenvalue weighted by Gasteiger charge is -2.72. The third-order valence-corrected chi connectivity index (χ3v) is 13.7. The van der Waals surface area contributed by atoms with Gasteiger partial charge >= 0.3 is 5.97 Å². The van der Waals surface area contributed by atoms with Gasteiger partial charge in [0.05, 0.1) is 5.92 Å². The van der Waals surface area contributed by atoms with Gasteiger partial charge in [0.2, 0.25) is 0 Å². The quantitative estimate of drug-likeness (QED) is 0.491. The molecule has 5 fully saturated rings. The van der Waals surface area contributed by atoms with E-state index in [0.717, 1.165) is 25.7 Å². The van der Waals surface area contributed by atoms with E-state index < -0.39 is 12.1 Å². The summed E-state index contributed by atoms with van der Waals surface area (Å²) in [5.74, 6) is 1.34. The molecule has 0 unspecified atom stereocenters. The van der Waals surface area contributed by atoms with Gasteiger partial charge < -0.3 is 10.2 Å². The SMILES string of the molecule is C[C@@H](C(=O)O)[C@@H]1CC[C@]2(C)CC[C@]3(C)[C@H](CC[C@@H]4[C@@]5(C)CC(=O)[C@H](O)C(C)(C)[C@@H]5CC[C@]43C)[C@@H]12. The van der Waals surface area contributed by atoms with Crippen molar-refractivity contribution in [3.05, 3.63) is 0 Å². The van der Waals surface area contributed by atoms with Crippen LogP contribution in [0.3, 0.4) is 0 Å². The molecule has 0 saturated heterocycles. The van der Waals surface area contributed by atoms with Crippen molar-refractivity contribution in [2.75, 3.05) is 0 Å². The van der Waals surface area contributed by atoms with E-state index in [2.05, 4.69) is 41.5 Å². The maximum absolute atomic E-state index is 13.1. The highest BCUT2D eigenvalue weighted by Crippen LogP contribution is 2.77. The molecule has 0 bridgehead atoms. The lowest BCUT2D eigenvalue weighted by Crippen LogP contribution is -2.67. The van der Waals surface area contributed by atoms with Crippen LogP contribution in [-0.2, 0) is 9.59 Å². The van der Waals surface area contributed by atoms with Crippen LogP contribution in [0.1, 0.15) is 106 Å². The summed E-state index contributed by atoms with van der Waals surface area (Å²) in [5, 5.41) is 20.7. The summed E-state index contributed by atoms with van der Waals surface area (Å²) in [5.41, 5.74) is 0.168. The number of hydrogen-bond donors (Lipinski definition) is 2. The fraction of sp³-hybridized carbons (Fsp3) is 0.933. The largest absolute Gasteiger partial charge is 0.481 e. The highest BCUT2D eigenvalue weighted by atomic mass is 16.4. The number of ketones is 1. The number of aliphatic carboxylic acids is 1. The molecular formula is C30H48O4. The monoisotopic (exact) mass is 472 g/mol. The van der Waals surface area contributed by atoms with Crippen LogP contribution in [0.5, 0.6) is 0 Å². The molecule has 5 saturated carbocycles. The molecule has 2 N–H and O–H groups in total. The Morgan fingerprint density at radius 1 is 0.882 bits per heavy atom. The molecule has 0 amide bonds. The van der Waals surface area contributed by atoms with Gasteiger partial charge in [0.15, 0.2) is 5.78 Å². The Labute approximate surface area is 206 Å². The van der Waals surface area contributed by atoms with Gasteiger partial charge in [-0.1, -0.05) is 48.5 Å². The molecule has 5 aliphatic rings. The van der Waals surface area contributed by atoms with Crippen molar-refractivity contribution in [3.63, 3.8) is 0 Å². The van der Waals surface area contributed by atoms with Crippen LogP contribution in [0, 0.1) is 62.6 Å². The minimum absolute atomic E-state index is 0.0441. The van der Waals surface area contributed by atoms with Crippen LogP contribution in [0.4, 0.5) is 0 Å². The molecule has 0 spiro atoms. The first-order valence-corrected chi connectivity index (χ1v) is 14.1. The molecule has 34 heavy (non-hydrogen) atoms. The minimum atomic E-state index is -0.839. The Morgan fingerprint density at radius 2 is 1.56 bits per heavy atom. The predicted molar refractivity (Wildman–Crippen MR) is 133 cm³/mol. The third-order valence-electron chi connectivity index (χ3n) is 13.7. The summed E-state index contributed by atoms with van der Waals surface area (Å²) in [4.78, 5) is 25.1. The Bertz CT molecular complexity index is 894. The van der Waals surface area contributed by atoms with Crippen molar-refractivity contribution in [1.29, 1.82) is 0 Å². The molecule has 4 heteroatoms. The predicted octanol–water partition coefficient (Wildman–Crippen LogP) is 6.35. The Balaban J connectivity index is 1.55. The molecule has 0 aliphatic heterocycles. The smallest absolute Gasteiger partial charge is 0.306 e. The Kier molecular flexibility index (Phi) is 5.34. The highest BCUT2D eigenvalue weighted by molar-refractivity contribution is 5.85. The van der Waals surface area contributed by atoms with Crippen molar-refractivity contribution in [3.8, 4) is 0 Å². The minimum Gasteiger partial charge on any atom is -0.481 e. The summed E-state index contributed by atoms with van der Waals surface area (Å²) in [6.07, 6.45) is 8.90. The fourth-order valence-corrected chi connectivity index (χ4v) is 11.7. The van der Waals surface area contributed by atoms with Crippen LogP contribution in [-0.4, -0.2) is 28.1 Å². The summed E-state index contributed by atoms with van der Waals surface area (Å²) in [7, 11) is 0. The van der Waals surface area contributed by atoms with Crippen LogP contribution in [0.25, 0.3) is 0 Å². The first-order valence-electron chi connectivity index (χ1n) is 14.1. The summed E-state index contributed by atoms with van der Waals surface area (Å²) < 4.78 is 0. The van der Waals surface area contributed by atoms with Crippen LogP contribution in [0.2, 0.25) is 0 Å². The molecular weight excluding hydrogens is 424 g/mol. The zero-order valence-corrected chi connectivity index (χ0v) is 22.6. The maximum atomic E-state index is 13.1. The number of carboxylic acid groups (broad SMARTS) is 1. The van der Waals surface area contributed by atoms with E-state index in [1.807, 2.05) is 6.92 Å². The van der Waals surface area contributed by atoms with Gasteiger partial charge in [0.25, 0.3) is 0 Å². The standard InChI is InChI=1S/C30H48O4/c1-17(25(33)34)18-10-12-27(4)14-15-29(6)19(23(18)27)8-9-22-28(5)16-20(31)24(32)26(2,3)21(28)11-13-30(22,29)7/h17-19,21-24,32H,8-16H2,1-7H3,(H,33,34)/t17-,18+,19-,21+,22-,23-,24+,27-,28+,29-,30-/m1/s1. The van der Waals surface area contributed by atoms with Gasteiger partial charge in [0.1, 0.15) is 6.10 Å². The van der Waals surface area contributed by atoms with Crippen molar-refractivity contribution >= 4 is 11.8 Å². The topological polar surface area (TPSA) is 74.6 Å². The van der Waals surface area contributed by atoms with Crippen molar-refractivity contribution in [2.24, 2.45) is 62.6 Å². The number of carbonyl (C=O) groups is 2. The Hall–Kier alpha value is -0.900. The van der Waals surface area contributed by atoms with Gasteiger partial charge in [-0.15, -0.1) is 0 Å². The molecule has 0 aromatic carbocycles. The summed E-state index contributed by atoms with van der Waals surface area (Å²) >= 11 is 0. The zero-order valence-electron chi connectivity index (χ0n) is 22.6. The van der Waals surface area contributed by atoms with Crippen molar-refractivity contribution in [2.45, 2.75) is 112 Å². The Morgan fingerprint density at radius 3 is 2.21 bits per heavy atom. The maximum Gasteiger partial charge on any atom is 0.306 e. The van der Waals surface area contributed by atoms with E-state index in [-0.39, 0.29) is 44.7 Å². The van der Waals surface area contributed by atoms with Crippen molar-refractivity contribution < 1.29 is 19.8 Å². The third kappa shape index (κ3) is 2.87. The van der Waals surface area contributed by atoms with Crippen LogP contribution >= 0.6 is 0 Å². The van der Waals surface area contributed by atoms with Gasteiger partial charge in [0, 0.05) is 11.8 Å². The lowest BCUT2D eigenvalue weighted by molar-refractivity contribution is -0.243. The van der Waals surface area contributed by atoms with E-state index in [0.29, 0.717) is 30.1 Å². The normalized spacial score (nSPS) is 54.9. The summed E-state index contributed by atoms with van der Waals surface area (Å²) in [6, 6.07) is 0. The molecule has 4 nitrogen and oxygen atoms in total. The number of rotatable bonds is 2. The van der Waals surface area contributed by atoms with E-state index in [1.165, 1.54) is 25.7 Å². The van der Waals surface area contributed by atoms with E-state index in [9.17, 15) is 19.8 Å². The van der Waals surface area contributed by atoms with Crippen molar-refractivity contribution in [1.82, 2.24) is 0 Å². The second-order valence-corrected chi connectivity index (χ2v) is 15.0. The van der Waals surface area contributed by atoms with Crippen LogP contribution in [0.15, 0.2) is 0 Å². The first kappa shape index (κ1) is 24.8. The number of hydrogen-bond acceptors (Lipinski definition) is 3. The second-order valence-electron chi connectivity index (χ2n) is 15.0. The van der Waals surface area contributed by atoms with Gasteiger partial charge in [-0.2, -0.15) is 0 Å². The van der Waals surface area contributed by atoms with E-state index in [4.69, 9.17) is 0 Å². The second kappa shape index (κ2) is 7.33. The fourth-order valence-electron chi connectivity index (χ4n) is 11.7. The number of Topliss-reactive ketones (excluding diaryl/α,β-unsaturated/α-hetero) is 1. The van der Waals surface area contributed by atoms with Gasteiger partial charge in [-0.25, -0.2) is 0 Å². The molecule has 0 heterocycles.